The number of aromatic nitrogens is 2. The van der Waals surface area contributed by atoms with Crippen LogP contribution < -0.4 is 10.2 Å². The fraction of sp³-hybridized carbons (Fsp3) is 0.318. The fourth-order valence-electron chi connectivity index (χ4n) is 3.51. The van der Waals surface area contributed by atoms with Crippen LogP contribution in [0, 0.1) is 13.8 Å². The Bertz CT molecular complexity index is 1060. The molecule has 1 aromatic carbocycles. The molecule has 0 fully saturated rings. The Morgan fingerprint density at radius 2 is 2.03 bits per heavy atom. The number of aryl methyl sites for hydroxylation is 2. The predicted molar refractivity (Wildman–Crippen MR) is 120 cm³/mol. The zero-order valence-electron chi connectivity index (χ0n) is 17.6. The minimum Gasteiger partial charge on any atom is -0.478 e. The number of anilines is 2. The van der Waals surface area contributed by atoms with Crippen LogP contribution in [0.5, 0.6) is 0 Å². The standard InChI is InChI=1S/C22H26N4O3S/c1-14-17(15(2)26(4)24-14)7-5-11-25(3)19-10-9-16(13-18(19)22(28)29)23-21(27)20-8-6-12-30-20/h6,8-10,12-13H,5,7,11H2,1-4H3,(H,23,27)(H,28,29). The molecule has 3 aromatic rings. The summed E-state index contributed by atoms with van der Waals surface area (Å²) in [6.45, 7) is 4.78. The molecule has 2 aromatic heterocycles. The second-order valence-corrected chi connectivity index (χ2v) is 8.21. The largest absolute Gasteiger partial charge is 0.478 e. The van der Waals surface area contributed by atoms with E-state index in [0.29, 0.717) is 22.8 Å². The van der Waals surface area contributed by atoms with Gasteiger partial charge in [-0.2, -0.15) is 5.10 Å². The van der Waals surface area contributed by atoms with Gasteiger partial charge in [0.05, 0.1) is 21.8 Å². The number of carboxylic acid groups (broad SMARTS) is 1. The highest BCUT2D eigenvalue weighted by atomic mass is 32.1. The van der Waals surface area contributed by atoms with Crippen LogP contribution in [0.2, 0.25) is 0 Å². The Labute approximate surface area is 180 Å². The lowest BCUT2D eigenvalue weighted by molar-refractivity contribution is 0.0697. The molecule has 0 unspecified atom stereocenters. The van der Waals surface area contributed by atoms with E-state index in [9.17, 15) is 14.7 Å². The van der Waals surface area contributed by atoms with Gasteiger partial charge in [-0.15, -0.1) is 11.3 Å². The van der Waals surface area contributed by atoms with E-state index in [2.05, 4.69) is 17.3 Å². The zero-order chi connectivity index (χ0) is 21.8. The molecule has 8 heteroatoms. The first-order valence-electron chi connectivity index (χ1n) is 9.70. The van der Waals surface area contributed by atoms with Gasteiger partial charge in [-0.25, -0.2) is 4.79 Å². The molecule has 0 spiro atoms. The molecule has 3 rings (SSSR count). The van der Waals surface area contributed by atoms with Crippen molar-refractivity contribution in [1.82, 2.24) is 9.78 Å². The summed E-state index contributed by atoms with van der Waals surface area (Å²) in [6, 6.07) is 8.52. The van der Waals surface area contributed by atoms with Crippen molar-refractivity contribution in [2.75, 3.05) is 23.8 Å². The Kier molecular flexibility index (Phi) is 6.56. The van der Waals surface area contributed by atoms with Crippen molar-refractivity contribution in [2.24, 2.45) is 7.05 Å². The van der Waals surface area contributed by atoms with Gasteiger partial charge in [0.2, 0.25) is 0 Å². The number of hydrogen-bond acceptors (Lipinski definition) is 5. The normalized spacial score (nSPS) is 10.8. The molecule has 30 heavy (non-hydrogen) atoms. The molecule has 2 heterocycles. The summed E-state index contributed by atoms with van der Waals surface area (Å²) in [6.07, 6.45) is 1.76. The molecule has 0 aliphatic carbocycles. The molecule has 0 saturated carbocycles. The number of carbonyl (C=O) groups excluding carboxylic acids is 1. The molecular weight excluding hydrogens is 400 g/mol. The highest BCUT2D eigenvalue weighted by Gasteiger charge is 2.17. The molecule has 1 amide bonds. The van der Waals surface area contributed by atoms with Gasteiger partial charge in [0, 0.05) is 32.0 Å². The van der Waals surface area contributed by atoms with Crippen molar-refractivity contribution in [2.45, 2.75) is 26.7 Å². The molecule has 0 aliphatic heterocycles. The van der Waals surface area contributed by atoms with Crippen molar-refractivity contribution < 1.29 is 14.7 Å². The summed E-state index contributed by atoms with van der Waals surface area (Å²) in [5.41, 5.74) is 4.69. The van der Waals surface area contributed by atoms with Crippen molar-refractivity contribution >= 4 is 34.6 Å². The first-order chi connectivity index (χ1) is 14.3. The Morgan fingerprint density at radius 3 is 2.63 bits per heavy atom. The number of hydrogen-bond donors (Lipinski definition) is 2. The van der Waals surface area contributed by atoms with E-state index < -0.39 is 5.97 Å². The van der Waals surface area contributed by atoms with Crippen LogP contribution in [0.25, 0.3) is 0 Å². The van der Waals surface area contributed by atoms with Crippen LogP contribution >= 0.6 is 11.3 Å². The Balaban J connectivity index is 1.69. The van der Waals surface area contributed by atoms with Crippen LogP contribution in [0.1, 0.15) is 43.4 Å². The lowest BCUT2D eigenvalue weighted by atomic mass is 10.1. The quantitative estimate of drug-likeness (QED) is 0.566. The molecular formula is C22H26N4O3S. The van der Waals surface area contributed by atoms with Crippen LogP contribution in [0.15, 0.2) is 35.7 Å². The van der Waals surface area contributed by atoms with Gasteiger partial charge in [0.1, 0.15) is 0 Å². The highest BCUT2D eigenvalue weighted by molar-refractivity contribution is 7.12. The van der Waals surface area contributed by atoms with E-state index in [1.807, 2.05) is 36.0 Å². The van der Waals surface area contributed by atoms with E-state index in [-0.39, 0.29) is 11.5 Å². The predicted octanol–water partition coefficient (Wildman–Crippen LogP) is 4.12. The summed E-state index contributed by atoms with van der Waals surface area (Å²) in [5, 5.41) is 18.7. The van der Waals surface area contributed by atoms with Crippen molar-refractivity contribution in [3.05, 3.63) is 63.1 Å². The number of aromatic carboxylic acids is 1. The second kappa shape index (κ2) is 9.13. The smallest absolute Gasteiger partial charge is 0.337 e. The number of benzene rings is 1. The third-order valence-electron chi connectivity index (χ3n) is 5.22. The third-order valence-corrected chi connectivity index (χ3v) is 6.09. The summed E-state index contributed by atoms with van der Waals surface area (Å²) in [4.78, 5) is 26.6. The van der Waals surface area contributed by atoms with Crippen LogP contribution in [0.4, 0.5) is 11.4 Å². The summed E-state index contributed by atoms with van der Waals surface area (Å²) in [5.74, 6) is -1.27. The molecule has 0 aliphatic rings. The molecule has 7 nitrogen and oxygen atoms in total. The van der Waals surface area contributed by atoms with Crippen LogP contribution in [0.3, 0.4) is 0 Å². The summed E-state index contributed by atoms with van der Waals surface area (Å²) < 4.78 is 1.89. The van der Waals surface area contributed by atoms with Crippen molar-refractivity contribution in [3.8, 4) is 0 Å². The Hall–Kier alpha value is -3.13. The number of rotatable bonds is 8. The topological polar surface area (TPSA) is 87.5 Å². The summed E-state index contributed by atoms with van der Waals surface area (Å²) >= 11 is 1.34. The van der Waals surface area contributed by atoms with E-state index >= 15 is 0 Å². The number of carbonyl (C=O) groups is 2. The highest BCUT2D eigenvalue weighted by Crippen LogP contribution is 2.25. The van der Waals surface area contributed by atoms with Crippen LogP contribution in [-0.2, 0) is 13.5 Å². The van der Waals surface area contributed by atoms with E-state index in [1.165, 1.54) is 23.0 Å². The monoisotopic (exact) mass is 426 g/mol. The average Bonchev–Trinajstić information content (AvgIpc) is 3.32. The van der Waals surface area contributed by atoms with E-state index in [4.69, 9.17) is 0 Å². The van der Waals surface area contributed by atoms with E-state index in [1.54, 1.807) is 24.3 Å². The molecule has 158 valence electrons. The molecule has 0 radical (unpaired) electrons. The number of nitrogens with zero attached hydrogens (tertiary/aromatic N) is 3. The van der Waals surface area contributed by atoms with Crippen molar-refractivity contribution in [1.29, 1.82) is 0 Å². The van der Waals surface area contributed by atoms with Gasteiger partial charge in [0.15, 0.2) is 0 Å². The van der Waals surface area contributed by atoms with Gasteiger partial charge >= 0.3 is 5.97 Å². The second-order valence-electron chi connectivity index (χ2n) is 7.27. The maximum absolute atomic E-state index is 12.2. The molecule has 0 atom stereocenters. The number of amides is 1. The molecule has 0 bridgehead atoms. The van der Waals surface area contributed by atoms with Crippen LogP contribution in [-0.4, -0.2) is 40.4 Å². The van der Waals surface area contributed by atoms with Gasteiger partial charge in [0.25, 0.3) is 5.91 Å². The fourth-order valence-corrected chi connectivity index (χ4v) is 4.13. The zero-order valence-corrected chi connectivity index (χ0v) is 18.4. The van der Waals surface area contributed by atoms with Gasteiger partial charge in [-0.1, -0.05) is 6.07 Å². The average molecular weight is 427 g/mol. The van der Waals surface area contributed by atoms with Gasteiger partial charge in [-0.05, 0) is 61.9 Å². The van der Waals surface area contributed by atoms with E-state index in [0.717, 1.165) is 24.2 Å². The number of nitrogens with one attached hydrogen (secondary N) is 1. The van der Waals surface area contributed by atoms with Gasteiger partial charge in [-0.3, -0.25) is 9.48 Å². The number of carboxylic acids is 1. The molecule has 2 N–H and O–H groups in total. The summed E-state index contributed by atoms with van der Waals surface area (Å²) in [7, 11) is 3.82. The number of thiophene rings is 1. The first kappa shape index (κ1) is 21.6. The lowest BCUT2D eigenvalue weighted by Crippen LogP contribution is -2.22. The Morgan fingerprint density at radius 1 is 1.27 bits per heavy atom. The molecule has 0 saturated heterocycles. The third kappa shape index (κ3) is 4.71. The van der Waals surface area contributed by atoms with Gasteiger partial charge < -0.3 is 15.3 Å². The minimum atomic E-state index is -1.02. The maximum Gasteiger partial charge on any atom is 0.337 e. The van der Waals surface area contributed by atoms with Crippen molar-refractivity contribution in [3.63, 3.8) is 0 Å². The minimum absolute atomic E-state index is 0.162. The first-order valence-corrected chi connectivity index (χ1v) is 10.6. The maximum atomic E-state index is 12.2. The SMILES string of the molecule is Cc1nn(C)c(C)c1CCCN(C)c1ccc(NC(=O)c2cccs2)cc1C(=O)O. The lowest BCUT2D eigenvalue weighted by Gasteiger charge is -2.22.